The van der Waals surface area contributed by atoms with E-state index in [-0.39, 0.29) is 17.6 Å². The van der Waals surface area contributed by atoms with Crippen molar-refractivity contribution in [3.8, 4) is 0 Å². The third kappa shape index (κ3) is 4.11. The molecule has 1 aromatic carbocycles. The van der Waals surface area contributed by atoms with Crippen molar-refractivity contribution < 1.29 is 9.18 Å². The van der Waals surface area contributed by atoms with Crippen LogP contribution in [0, 0.1) is 25.6 Å². The highest BCUT2D eigenvalue weighted by atomic mass is 19.1. The van der Waals surface area contributed by atoms with E-state index in [0.29, 0.717) is 30.6 Å². The molecule has 0 bridgehead atoms. The second-order valence-corrected chi connectivity index (χ2v) is 4.87. The van der Waals surface area contributed by atoms with Gasteiger partial charge in [0.25, 0.3) is 0 Å². The molecule has 1 atom stereocenters. The molecule has 1 unspecified atom stereocenters. The molecule has 0 aliphatic rings. The van der Waals surface area contributed by atoms with Crippen molar-refractivity contribution in [3.05, 3.63) is 34.6 Å². The molecule has 0 heterocycles. The van der Waals surface area contributed by atoms with Crippen LogP contribution in [-0.4, -0.2) is 12.5 Å². The Kier molecular flexibility index (Phi) is 5.28. The summed E-state index contributed by atoms with van der Waals surface area (Å²) in [7, 11) is 0. The topological polar surface area (TPSA) is 55.1 Å². The lowest BCUT2D eigenvalue weighted by atomic mass is 10.1. The number of benzene rings is 1. The van der Waals surface area contributed by atoms with Crippen molar-refractivity contribution in [2.45, 2.75) is 33.7 Å². The van der Waals surface area contributed by atoms with Crippen LogP contribution in [0.1, 0.15) is 30.0 Å². The standard InChI is InChI=1S/C14H21FN2O/c1-9(7-16)4-13(18)17-8-12-5-10(2)14(15)11(3)6-12/h5-6,9H,4,7-8,16H2,1-3H3,(H,17,18). The number of carbonyl (C=O) groups excluding carboxylic acids is 1. The minimum atomic E-state index is -0.179. The van der Waals surface area contributed by atoms with Crippen LogP contribution >= 0.6 is 0 Å². The zero-order valence-corrected chi connectivity index (χ0v) is 11.2. The fraction of sp³-hybridized carbons (Fsp3) is 0.500. The molecular weight excluding hydrogens is 231 g/mol. The minimum absolute atomic E-state index is 0.0208. The zero-order chi connectivity index (χ0) is 13.7. The Hall–Kier alpha value is -1.42. The van der Waals surface area contributed by atoms with Gasteiger partial charge in [-0.2, -0.15) is 0 Å². The summed E-state index contributed by atoms with van der Waals surface area (Å²) in [6.07, 6.45) is 0.426. The third-order valence-electron chi connectivity index (χ3n) is 2.92. The number of halogens is 1. The fourth-order valence-corrected chi connectivity index (χ4v) is 1.81. The molecule has 0 radical (unpaired) electrons. The molecule has 3 N–H and O–H groups in total. The average Bonchev–Trinajstić information content (AvgIpc) is 2.33. The molecule has 4 heteroatoms. The number of rotatable bonds is 5. The lowest BCUT2D eigenvalue weighted by Crippen LogP contribution is -2.26. The first-order chi connectivity index (χ1) is 8.43. The Morgan fingerprint density at radius 3 is 2.44 bits per heavy atom. The van der Waals surface area contributed by atoms with E-state index in [4.69, 9.17) is 5.73 Å². The maximum Gasteiger partial charge on any atom is 0.220 e. The van der Waals surface area contributed by atoms with E-state index < -0.39 is 0 Å². The first-order valence-corrected chi connectivity index (χ1v) is 6.16. The van der Waals surface area contributed by atoms with Crippen LogP contribution in [0.3, 0.4) is 0 Å². The predicted octanol–water partition coefficient (Wildman–Crippen LogP) is 2.04. The van der Waals surface area contributed by atoms with Gasteiger partial charge in [0.05, 0.1) is 0 Å². The minimum Gasteiger partial charge on any atom is -0.352 e. The SMILES string of the molecule is Cc1cc(CNC(=O)CC(C)CN)cc(C)c1F. The number of hydrogen-bond acceptors (Lipinski definition) is 2. The van der Waals surface area contributed by atoms with E-state index in [1.54, 1.807) is 26.0 Å². The summed E-state index contributed by atoms with van der Waals surface area (Å²) in [5.41, 5.74) is 7.59. The van der Waals surface area contributed by atoms with Crippen molar-refractivity contribution >= 4 is 5.91 Å². The van der Waals surface area contributed by atoms with Crippen molar-refractivity contribution in [2.75, 3.05) is 6.54 Å². The van der Waals surface area contributed by atoms with Gasteiger partial charge in [-0.1, -0.05) is 19.1 Å². The Balaban J connectivity index is 2.56. The van der Waals surface area contributed by atoms with E-state index in [1.165, 1.54) is 0 Å². The normalized spacial score (nSPS) is 12.3. The highest BCUT2D eigenvalue weighted by molar-refractivity contribution is 5.76. The van der Waals surface area contributed by atoms with Gasteiger partial charge >= 0.3 is 0 Å². The molecule has 0 spiro atoms. The largest absolute Gasteiger partial charge is 0.352 e. The van der Waals surface area contributed by atoms with Crippen LogP contribution < -0.4 is 11.1 Å². The second-order valence-electron chi connectivity index (χ2n) is 4.87. The van der Waals surface area contributed by atoms with Gasteiger partial charge in [0.2, 0.25) is 5.91 Å². The average molecular weight is 252 g/mol. The third-order valence-corrected chi connectivity index (χ3v) is 2.92. The Morgan fingerprint density at radius 2 is 1.94 bits per heavy atom. The van der Waals surface area contributed by atoms with E-state index in [1.807, 2.05) is 6.92 Å². The zero-order valence-electron chi connectivity index (χ0n) is 11.2. The molecule has 0 saturated heterocycles. The van der Waals surface area contributed by atoms with Gasteiger partial charge in [0, 0.05) is 13.0 Å². The van der Waals surface area contributed by atoms with E-state index >= 15 is 0 Å². The number of nitrogens with one attached hydrogen (secondary N) is 1. The first-order valence-electron chi connectivity index (χ1n) is 6.16. The molecule has 1 rings (SSSR count). The number of nitrogens with two attached hydrogens (primary N) is 1. The quantitative estimate of drug-likeness (QED) is 0.842. The Morgan fingerprint density at radius 1 is 1.39 bits per heavy atom. The van der Waals surface area contributed by atoms with Crippen molar-refractivity contribution in [1.29, 1.82) is 0 Å². The Bertz CT molecular complexity index is 409. The Labute approximate surface area is 108 Å². The number of carbonyl (C=O) groups is 1. The van der Waals surface area contributed by atoms with Crippen molar-refractivity contribution in [1.82, 2.24) is 5.32 Å². The molecule has 1 amide bonds. The van der Waals surface area contributed by atoms with Crippen molar-refractivity contribution in [3.63, 3.8) is 0 Å². The smallest absolute Gasteiger partial charge is 0.220 e. The van der Waals surface area contributed by atoms with Gasteiger partial charge in [-0.15, -0.1) is 0 Å². The van der Waals surface area contributed by atoms with E-state index in [0.717, 1.165) is 5.56 Å². The predicted molar refractivity (Wildman–Crippen MR) is 70.6 cm³/mol. The van der Waals surface area contributed by atoms with Crippen LogP contribution in [0.4, 0.5) is 4.39 Å². The first kappa shape index (κ1) is 14.6. The summed E-state index contributed by atoms with van der Waals surface area (Å²) in [5.74, 6) is -0.0175. The lowest BCUT2D eigenvalue weighted by molar-refractivity contribution is -0.122. The van der Waals surface area contributed by atoms with Gasteiger partial charge in [-0.05, 0) is 43.0 Å². The van der Waals surface area contributed by atoms with Gasteiger partial charge in [-0.3, -0.25) is 4.79 Å². The van der Waals surface area contributed by atoms with Crippen LogP contribution in [0.2, 0.25) is 0 Å². The summed E-state index contributed by atoms with van der Waals surface area (Å²) < 4.78 is 13.4. The van der Waals surface area contributed by atoms with Gasteiger partial charge < -0.3 is 11.1 Å². The van der Waals surface area contributed by atoms with E-state index in [2.05, 4.69) is 5.32 Å². The summed E-state index contributed by atoms with van der Waals surface area (Å²) in [6.45, 7) is 6.32. The molecule has 18 heavy (non-hydrogen) atoms. The van der Waals surface area contributed by atoms with Gasteiger partial charge in [0.15, 0.2) is 0 Å². The van der Waals surface area contributed by atoms with Gasteiger partial charge in [-0.25, -0.2) is 4.39 Å². The molecular formula is C14H21FN2O. The summed E-state index contributed by atoms with van der Waals surface area (Å²) in [4.78, 5) is 11.6. The molecule has 0 fully saturated rings. The summed E-state index contributed by atoms with van der Waals surface area (Å²) in [5, 5.41) is 2.82. The van der Waals surface area contributed by atoms with Gasteiger partial charge in [0.1, 0.15) is 5.82 Å². The lowest BCUT2D eigenvalue weighted by Gasteiger charge is -2.10. The number of amides is 1. The van der Waals surface area contributed by atoms with Crippen LogP contribution in [0.15, 0.2) is 12.1 Å². The number of hydrogen-bond donors (Lipinski definition) is 2. The molecule has 0 saturated carbocycles. The highest BCUT2D eigenvalue weighted by Gasteiger charge is 2.08. The molecule has 0 aliphatic carbocycles. The fourth-order valence-electron chi connectivity index (χ4n) is 1.81. The second kappa shape index (κ2) is 6.50. The van der Waals surface area contributed by atoms with Crippen LogP contribution in [0.5, 0.6) is 0 Å². The molecule has 0 aromatic heterocycles. The summed E-state index contributed by atoms with van der Waals surface area (Å²) in [6, 6.07) is 3.52. The molecule has 3 nitrogen and oxygen atoms in total. The molecule has 1 aromatic rings. The maximum atomic E-state index is 13.4. The highest BCUT2D eigenvalue weighted by Crippen LogP contribution is 2.14. The molecule has 0 aliphatic heterocycles. The van der Waals surface area contributed by atoms with Crippen LogP contribution in [0.25, 0.3) is 0 Å². The summed E-state index contributed by atoms with van der Waals surface area (Å²) >= 11 is 0. The van der Waals surface area contributed by atoms with E-state index in [9.17, 15) is 9.18 Å². The maximum absolute atomic E-state index is 13.4. The number of aryl methyl sites for hydroxylation is 2. The monoisotopic (exact) mass is 252 g/mol. The van der Waals surface area contributed by atoms with Crippen molar-refractivity contribution in [2.24, 2.45) is 11.7 Å². The van der Waals surface area contributed by atoms with Crippen LogP contribution in [-0.2, 0) is 11.3 Å². The molecule has 100 valence electrons.